The number of hydrogen-bond acceptors (Lipinski definition) is 37. The van der Waals surface area contributed by atoms with Crippen LogP contribution in [-0.2, 0) is 28.4 Å². The number of aliphatic hydroxyl groups excluding tert-OH is 12. The zero-order valence-electron chi connectivity index (χ0n) is 82.9. The maximum absolute atomic E-state index is 14.3. The number of thioether (sulfide) groups is 1. The molecule has 0 bridgehead atoms. The number of fused-ring (bicyclic) bond motifs is 6. The summed E-state index contributed by atoms with van der Waals surface area (Å²) in [6.07, 6.45) is 23.8. The molecule has 12 aromatic rings. The van der Waals surface area contributed by atoms with E-state index in [-0.39, 0.29) is 22.1 Å². The number of nitrogens with zero attached hydrogens (tertiary/aromatic N) is 17. The quantitative estimate of drug-likeness (QED) is 0.0112. The molecule has 0 spiro atoms. The summed E-state index contributed by atoms with van der Waals surface area (Å²) in [6, 6.07) is 9.84. The van der Waals surface area contributed by atoms with Gasteiger partial charge in [0.2, 0.25) is 5.28 Å². The van der Waals surface area contributed by atoms with E-state index < -0.39 is 195 Å². The van der Waals surface area contributed by atoms with Crippen molar-refractivity contribution in [1.29, 1.82) is 0 Å². The summed E-state index contributed by atoms with van der Waals surface area (Å²) in [4.78, 5) is 49.8. The van der Waals surface area contributed by atoms with E-state index in [0.29, 0.717) is 141 Å². The Morgan fingerprint density at radius 2 is 0.614 bits per heavy atom. The number of nitrogen functional groups attached to an aromatic ring is 6. The molecule has 0 aromatic carbocycles. The maximum Gasteiger partial charge on any atom is 0.293 e. The highest BCUT2D eigenvalue weighted by molar-refractivity contribution is 14.1. The molecule has 145 heavy (non-hydrogen) atoms. The highest BCUT2D eigenvalue weighted by Crippen LogP contribution is 2.49. The number of pyridine rings is 6. The molecule has 54 heteroatoms. The number of aromatic nitrogens is 18. The Bertz CT molecular complexity index is 6480. The fourth-order valence-corrected chi connectivity index (χ4v) is 25.5. The van der Waals surface area contributed by atoms with Crippen LogP contribution in [-0.4, -0.2) is 419 Å². The minimum Gasteiger partial charge on any atom is -0.397 e. The van der Waals surface area contributed by atoms with E-state index in [1.165, 1.54) is 34.8 Å². The summed E-state index contributed by atoms with van der Waals surface area (Å²) in [7, 11) is 0. The lowest BCUT2D eigenvalue weighted by Crippen LogP contribution is -2.32. The van der Waals surface area contributed by atoms with Crippen molar-refractivity contribution < 1.29 is 94.1 Å². The van der Waals surface area contributed by atoms with Crippen LogP contribution in [0.5, 0.6) is 0 Å². The predicted octanol–water partition coefficient (Wildman–Crippen LogP) is 7.94. The normalized spacial score (nSPS) is 27.8. The Kier molecular flexibility index (Phi) is 37.2. The van der Waals surface area contributed by atoms with Crippen LogP contribution in [0.4, 0.5) is 38.5 Å². The summed E-state index contributed by atoms with van der Waals surface area (Å²) in [5.74, 6) is 0. The number of H-pyrrole nitrogens is 1. The van der Waals surface area contributed by atoms with E-state index in [1.807, 2.05) is 6.26 Å². The van der Waals surface area contributed by atoms with E-state index in [1.54, 1.807) is 73.4 Å². The summed E-state index contributed by atoms with van der Waals surface area (Å²) in [6.45, 7) is 18.0. The van der Waals surface area contributed by atoms with Crippen molar-refractivity contribution in [3.63, 3.8) is 0 Å². The fraction of sp³-hybridized carbons (Fsp3) is 0.538. The van der Waals surface area contributed by atoms with E-state index in [0.717, 1.165) is 41.5 Å². The first-order chi connectivity index (χ1) is 67.7. The van der Waals surface area contributed by atoms with E-state index in [9.17, 15) is 65.7 Å². The summed E-state index contributed by atoms with van der Waals surface area (Å²) < 4.78 is 60.4. The Morgan fingerprint density at radius 3 is 0.952 bits per heavy atom. The average molecular weight is 2370 g/mol. The molecule has 0 unspecified atom stereocenters. The van der Waals surface area contributed by atoms with Gasteiger partial charge in [-0.25, -0.2) is 49.8 Å². The molecule has 6 aliphatic rings. The number of nitrogens with one attached hydrogen (secondary N) is 1. The zero-order valence-corrected chi connectivity index (χ0v) is 94.4. The molecule has 6 fully saturated rings. The smallest absolute Gasteiger partial charge is 0.293 e. The van der Waals surface area contributed by atoms with Crippen molar-refractivity contribution in [2.75, 3.05) is 158 Å². The Labute approximate surface area is 875 Å². The van der Waals surface area contributed by atoms with E-state index in [2.05, 4.69) is 216 Å². The lowest BCUT2D eigenvalue weighted by molar-refractivity contribution is -0.0413. The van der Waals surface area contributed by atoms with Crippen molar-refractivity contribution in [2.24, 2.45) is 0 Å². The molecule has 18 heterocycles. The molecule has 6 saturated heterocycles. The second-order valence-corrected chi connectivity index (χ2v) is 70.3. The van der Waals surface area contributed by atoms with Gasteiger partial charge in [-0.3, -0.25) is 27.4 Å². The molecule has 0 saturated carbocycles. The average Bonchev–Trinajstić information content (AvgIpc) is 1.61. The van der Waals surface area contributed by atoms with Crippen molar-refractivity contribution in [2.45, 2.75) is 191 Å². The fourth-order valence-electron chi connectivity index (χ4n) is 17.4. The van der Waals surface area contributed by atoms with Crippen molar-refractivity contribution in [3.8, 4) is 0 Å². The minimum atomic E-state index is -1.29. The van der Waals surface area contributed by atoms with Gasteiger partial charge in [0.25, 0.3) is 6.08 Å². The number of aliphatic hydroxyl groups is 12. The van der Waals surface area contributed by atoms with Crippen LogP contribution >= 0.6 is 115 Å². The molecular weight excluding hydrogens is 2230 g/mol. The maximum atomic E-state index is 14.3. The molecule has 6 aliphatic heterocycles. The second-order valence-electron chi connectivity index (χ2n) is 41.2. The van der Waals surface area contributed by atoms with Gasteiger partial charge in [0.05, 0.1) is 70.7 Å². The number of aromatic amines is 1. The molecule has 0 aliphatic carbocycles. The highest BCUT2D eigenvalue weighted by Gasteiger charge is 2.52. The predicted molar refractivity (Wildman–Crippen MR) is 604 cm³/mol. The molecule has 12 aromatic heterocycles. The van der Waals surface area contributed by atoms with Gasteiger partial charge in [-0.1, -0.05) is 11.8 Å². The van der Waals surface area contributed by atoms with Crippen molar-refractivity contribution >= 4 is 254 Å². The third kappa shape index (κ3) is 26.7. The third-order valence-electron chi connectivity index (χ3n) is 25.3. The number of ether oxygens (including phenoxy) is 6. The second kappa shape index (κ2) is 46.7. The van der Waals surface area contributed by atoms with Crippen LogP contribution in [0, 0.1) is 14.7 Å². The molecule has 18 rings (SSSR count). The zero-order chi connectivity index (χ0) is 107. The first-order valence-electron chi connectivity index (χ1n) is 46.4. The van der Waals surface area contributed by atoms with Gasteiger partial charge in [0.1, 0.15) is 106 Å². The number of imidazole rings is 6. The van der Waals surface area contributed by atoms with Crippen LogP contribution in [0.1, 0.15) is 75.9 Å². The molecule has 25 N–H and O–H groups in total. The van der Waals surface area contributed by atoms with Crippen LogP contribution in [0.25, 0.3) is 67.0 Å². The lowest BCUT2D eigenvalue weighted by Gasteiger charge is -2.19. The van der Waals surface area contributed by atoms with Gasteiger partial charge >= 0.3 is 0 Å². The van der Waals surface area contributed by atoms with Gasteiger partial charge in [-0.05, 0) is 238 Å². The lowest BCUT2D eigenvalue weighted by atomic mass is 10.1. The van der Waals surface area contributed by atoms with E-state index >= 15 is 0 Å². The Morgan fingerprint density at radius 1 is 0.366 bits per heavy atom. The summed E-state index contributed by atoms with van der Waals surface area (Å²) in [5.41, 5.74) is 43.9. The van der Waals surface area contributed by atoms with Crippen LogP contribution in [0.3, 0.4) is 0 Å². The monoisotopic (exact) mass is 2360 g/mol. The molecule has 0 amide bonds. The summed E-state index contributed by atoms with van der Waals surface area (Å²) >= 11 is 18.4. The first-order valence-corrected chi connectivity index (χ1v) is 68.6. The number of halogens is 4. The van der Waals surface area contributed by atoms with Gasteiger partial charge in [0.15, 0.2) is 89.7 Å². The molecular formula is C91H136BrClFIN24O18P6S2. The Hall–Kier alpha value is -6.40. The number of anilines is 6. The van der Waals surface area contributed by atoms with E-state index in [4.69, 9.17) is 86.6 Å². The third-order valence-corrected chi connectivity index (χ3v) is 36.7. The molecule has 24 atom stereocenters. The van der Waals surface area contributed by atoms with Crippen LogP contribution in [0.2, 0.25) is 5.28 Å². The van der Waals surface area contributed by atoms with Crippen molar-refractivity contribution in [3.05, 3.63) is 98.3 Å². The van der Waals surface area contributed by atoms with Gasteiger partial charge in [-0.2, -0.15) is 9.37 Å². The van der Waals surface area contributed by atoms with Crippen molar-refractivity contribution in [1.82, 2.24) is 87.2 Å². The largest absolute Gasteiger partial charge is 0.397 e. The Balaban J connectivity index is 0.000000146. The van der Waals surface area contributed by atoms with Gasteiger partial charge in [0, 0.05) is 59.8 Å². The number of rotatable bonds is 25. The van der Waals surface area contributed by atoms with Crippen LogP contribution in [0.15, 0.2) is 83.5 Å². The van der Waals surface area contributed by atoms with Crippen LogP contribution < -0.4 is 34.4 Å². The summed E-state index contributed by atoms with van der Waals surface area (Å²) in [5, 5.41) is 126. The standard InChI is InChI=1S/C16H25N4O3PS.C15H22BrN4O3P.C15H22ClN4O3P.C15H22FN4O3P.C15H22IN4O3P.C15H23N4O3PS/c1-24(2,3)8-6-10-12(21)13(22)15(23-10)20-14-11(19-16(20)25-4)9(17)5-7-18-14;4*1-24(2,3)7-5-9-11(21)12(22)14(23-9)20-13-10(19-15(20)16)8(17)4-6-18-13;1-23(2,3)7-5-9-11(20)12(21)14(22-9)19-13-10(18-15(19)24)8(16)4-6-17-13/h5,7,10,12-13,15,21-22H,1,6,8H2,2-4H3,(H2,17,18);4*4,6,9,11-12,14,21-22H,1,5,7H2,2-3H3,(H2,17,18);4,6,9,11-12,14,20-21H,1,5,7H2,2-3H3,(H2,16,17)(H,18,24)/t10-,12-,13-,15-;5*9-,11-,12-,14-/m111111/s1. The molecule has 798 valence electrons. The highest BCUT2D eigenvalue weighted by atomic mass is 127. The first kappa shape index (κ1) is 116. The van der Waals surface area contributed by atoms with Gasteiger partial charge < -0.3 is 129 Å². The number of nitrogens with two attached hydrogens (primary N) is 6. The SMILES string of the molecule is C=P(C)(C)CC[C@H]1O[C@@H](n2c(=S)[nH]c3c(N)ccnc32)[C@H](O)[C@@H]1O.C=P(C)(C)CC[C@H]1O[C@@H](n2c(Br)nc3c(N)ccnc32)[C@H](O)[C@@H]1O.C=P(C)(C)CC[C@H]1O[C@@H](n2c(Cl)nc3c(N)ccnc32)[C@H](O)[C@@H]1O.C=P(C)(C)CC[C@H]1O[C@@H](n2c(F)nc3c(N)ccnc32)[C@H](O)[C@@H]1O.C=P(C)(C)CC[C@H]1O[C@@H](n2c(I)nc3c(N)ccnc32)[C@H](O)[C@@H]1O.C=P(C)(C)CC[C@H]1O[C@@H](n2c(SC)nc3c(N)ccnc32)[C@H](O)[C@@H]1O. The minimum absolute atomic E-state index is 0.109. The van der Waals surface area contributed by atoms with Gasteiger partial charge in [-0.15, -0.1) is 79.1 Å². The molecule has 42 nitrogen and oxygen atoms in total. The molecule has 0 radical (unpaired) electrons. The topological polar surface area (TPSA) is 641 Å². The number of hydrogen-bond donors (Lipinski definition) is 19.